The summed E-state index contributed by atoms with van der Waals surface area (Å²) < 4.78 is 25.4. The molecule has 2 aromatic carbocycles. The number of sulfone groups is 1. The molecule has 1 N–H and O–H groups in total. The fraction of sp³-hybridized carbons (Fsp3) is 0.409. The molecular formula is C22H27NO4S. The van der Waals surface area contributed by atoms with Crippen LogP contribution in [0.15, 0.2) is 59.5 Å². The molecule has 1 fully saturated rings. The predicted octanol–water partition coefficient (Wildman–Crippen LogP) is 3.08. The fourth-order valence-electron chi connectivity index (χ4n) is 3.71. The van der Waals surface area contributed by atoms with E-state index in [1.807, 2.05) is 30.3 Å². The lowest BCUT2D eigenvalue weighted by molar-refractivity contribution is 0.0724. The minimum atomic E-state index is -3.32. The average molecular weight is 402 g/mol. The quantitative estimate of drug-likeness (QED) is 0.738. The summed E-state index contributed by atoms with van der Waals surface area (Å²) in [6.07, 6.45) is 4.04. The molecule has 1 aliphatic rings. The number of amides is 1. The van der Waals surface area contributed by atoms with Crippen molar-refractivity contribution in [2.45, 2.75) is 42.2 Å². The monoisotopic (exact) mass is 401 g/mol. The number of carbonyl (C=O) groups is 1. The molecule has 0 aromatic heterocycles. The van der Waals surface area contributed by atoms with Gasteiger partial charge in [-0.2, -0.15) is 0 Å². The maximum absolute atomic E-state index is 12.8. The molecule has 150 valence electrons. The first-order valence-corrected chi connectivity index (χ1v) is 11.3. The molecule has 0 heterocycles. The average Bonchev–Trinajstić information content (AvgIpc) is 3.27. The molecule has 1 saturated carbocycles. The van der Waals surface area contributed by atoms with Crippen LogP contribution in [0.3, 0.4) is 0 Å². The highest BCUT2D eigenvalue weighted by Crippen LogP contribution is 2.29. The summed E-state index contributed by atoms with van der Waals surface area (Å²) in [6.45, 7) is 0.619. The Morgan fingerprint density at radius 1 is 0.964 bits per heavy atom. The van der Waals surface area contributed by atoms with Gasteiger partial charge in [-0.25, -0.2) is 8.42 Å². The van der Waals surface area contributed by atoms with Crippen molar-refractivity contribution in [1.29, 1.82) is 0 Å². The van der Waals surface area contributed by atoms with Gasteiger partial charge in [0, 0.05) is 18.7 Å². The van der Waals surface area contributed by atoms with Crippen molar-refractivity contribution in [3.8, 4) is 0 Å². The molecular weight excluding hydrogens is 374 g/mol. The number of nitrogens with zero attached hydrogens (tertiary/aromatic N) is 1. The molecule has 2 aromatic rings. The Kier molecular flexibility index (Phi) is 6.86. The lowest BCUT2D eigenvalue weighted by atomic mass is 10.1. The topological polar surface area (TPSA) is 74.7 Å². The van der Waals surface area contributed by atoms with Gasteiger partial charge in [0.25, 0.3) is 5.91 Å². The number of benzene rings is 2. The van der Waals surface area contributed by atoms with Crippen LogP contribution >= 0.6 is 0 Å². The normalized spacial score (nSPS) is 14.9. The highest BCUT2D eigenvalue weighted by Gasteiger charge is 2.30. The largest absolute Gasteiger partial charge is 0.395 e. The van der Waals surface area contributed by atoms with E-state index < -0.39 is 9.84 Å². The molecule has 0 atom stereocenters. The van der Waals surface area contributed by atoms with Gasteiger partial charge in [0.1, 0.15) is 0 Å². The number of aliphatic hydroxyl groups is 1. The summed E-state index contributed by atoms with van der Waals surface area (Å²) in [6, 6.07) is 16.1. The number of rotatable bonds is 8. The Morgan fingerprint density at radius 2 is 1.61 bits per heavy atom. The van der Waals surface area contributed by atoms with Gasteiger partial charge in [-0.15, -0.1) is 0 Å². The molecule has 0 spiro atoms. The number of aliphatic hydroxyl groups excluding tert-OH is 1. The first kappa shape index (κ1) is 20.6. The first-order valence-electron chi connectivity index (χ1n) is 9.80. The standard InChI is InChI=1S/C22H27NO4S/c24-17-16-23(15-14-18-6-2-1-3-7-18)22(25)19-10-12-21(13-11-19)28(26,27)20-8-4-5-9-20/h1-3,6-7,10-13,20,24H,4-5,8-9,14-17H2. The second-order valence-corrected chi connectivity index (χ2v) is 9.46. The maximum atomic E-state index is 12.8. The van der Waals surface area contributed by atoms with Gasteiger partial charge in [0.05, 0.1) is 16.8 Å². The molecule has 5 nitrogen and oxygen atoms in total. The van der Waals surface area contributed by atoms with Gasteiger partial charge in [-0.3, -0.25) is 4.79 Å². The second-order valence-electron chi connectivity index (χ2n) is 7.23. The molecule has 0 radical (unpaired) electrons. The summed E-state index contributed by atoms with van der Waals surface area (Å²) in [5.41, 5.74) is 1.56. The van der Waals surface area contributed by atoms with Crippen LogP contribution in [0.25, 0.3) is 0 Å². The van der Waals surface area contributed by atoms with Crippen molar-refractivity contribution >= 4 is 15.7 Å². The smallest absolute Gasteiger partial charge is 0.253 e. The van der Waals surface area contributed by atoms with Gasteiger partial charge < -0.3 is 10.0 Å². The zero-order valence-corrected chi connectivity index (χ0v) is 16.8. The van der Waals surface area contributed by atoms with Gasteiger partial charge in [0.2, 0.25) is 0 Å². The zero-order chi connectivity index (χ0) is 20.0. The molecule has 0 unspecified atom stereocenters. The number of hydrogen-bond donors (Lipinski definition) is 1. The summed E-state index contributed by atoms with van der Waals surface area (Å²) >= 11 is 0. The summed E-state index contributed by atoms with van der Waals surface area (Å²) in [5, 5.41) is 9.03. The highest BCUT2D eigenvalue weighted by atomic mass is 32.2. The van der Waals surface area contributed by atoms with Gasteiger partial charge in [-0.1, -0.05) is 43.2 Å². The highest BCUT2D eigenvalue weighted by molar-refractivity contribution is 7.92. The lowest BCUT2D eigenvalue weighted by Gasteiger charge is -2.22. The minimum absolute atomic E-state index is 0.116. The molecule has 0 saturated heterocycles. The molecule has 6 heteroatoms. The van der Waals surface area contributed by atoms with Crippen molar-refractivity contribution in [3.63, 3.8) is 0 Å². The van der Waals surface area contributed by atoms with Crippen LogP contribution in [0, 0.1) is 0 Å². The Balaban J connectivity index is 1.70. The van der Waals surface area contributed by atoms with E-state index in [-0.39, 0.29) is 29.2 Å². The molecule has 1 aliphatic carbocycles. The van der Waals surface area contributed by atoms with Crippen molar-refractivity contribution in [2.75, 3.05) is 19.7 Å². The number of hydrogen-bond acceptors (Lipinski definition) is 4. The Hall–Kier alpha value is -2.18. The summed E-state index contributed by atoms with van der Waals surface area (Å²) in [5.74, 6) is -0.199. The Morgan fingerprint density at radius 3 is 2.21 bits per heavy atom. The van der Waals surface area contributed by atoms with E-state index in [4.69, 9.17) is 0 Å². The van der Waals surface area contributed by atoms with Crippen LogP contribution in [0.1, 0.15) is 41.6 Å². The van der Waals surface area contributed by atoms with E-state index in [1.165, 1.54) is 12.1 Å². The van der Waals surface area contributed by atoms with Crippen LogP contribution in [0.2, 0.25) is 0 Å². The van der Waals surface area contributed by atoms with Gasteiger partial charge in [0.15, 0.2) is 9.84 Å². The summed E-state index contributed by atoms with van der Waals surface area (Å²) in [7, 11) is -3.32. The van der Waals surface area contributed by atoms with Crippen LogP contribution in [-0.4, -0.2) is 49.3 Å². The zero-order valence-electron chi connectivity index (χ0n) is 16.0. The molecule has 28 heavy (non-hydrogen) atoms. The minimum Gasteiger partial charge on any atom is -0.395 e. The lowest BCUT2D eigenvalue weighted by Crippen LogP contribution is -2.35. The predicted molar refractivity (Wildman–Crippen MR) is 109 cm³/mol. The second kappa shape index (κ2) is 9.34. The third-order valence-electron chi connectivity index (χ3n) is 5.34. The maximum Gasteiger partial charge on any atom is 0.253 e. The Labute approximate surface area is 166 Å². The van der Waals surface area contributed by atoms with Gasteiger partial charge >= 0.3 is 0 Å². The summed E-state index contributed by atoms with van der Waals surface area (Å²) in [4.78, 5) is 14.7. The van der Waals surface area contributed by atoms with E-state index in [2.05, 4.69) is 0 Å². The third kappa shape index (κ3) is 4.80. The van der Waals surface area contributed by atoms with Gasteiger partial charge in [-0.05, 0) is 49.1 Å². The molecule has 0 aliphatic heterocycles. The third-order valence-corrected chi connectivity index (χ3v) is 7.62. The van der Waals surface area contributed by atoms with Crippen molar-refractivity contribution in [1.82, 2.24) is 4.90 Å². The molecule has 1 amide bonds. The van der Waals surface area contributed by atoms with E-state index >= 15 is 0 Å². The van der Waals surface area contributed by atoms with Crippen LogP contribution in [-0.2, 0) is 16.3 Å². The van der Waals surface area contributed by atoms with Crippen LogP contribution < -0.4 is 0 Å². The van der Waals surface area contributed by atoms with Crippen molar-refractivity contribution < 1.29 is 18.3 Å². The van der Waals surface area contributed by atoms with E-state index in [1.54, 1.807) is 17.0 Å². The van der Waals surface area contributed by atoms with Crippen LogP contribution in [0.4, 0.5) is 0 Å². The van der Waals surface area contributed by atoms with Crippen molar-refractivity contribution in [2.24, 2.45) is 0 Å². The molecule has 0 bridgehead atoms. The van der Waals surface area contributed by atoms with E-state index in [0.717, 1.165) is 18.4 Å². The molecule has 3 rings (SSSR count). The first-order chi connectivity index (χ1) is 13.5. The van der Waals surface area contributed by atoms with Crippen LogP contribution in [0.5, 0.6) is 0 Å². The van der Waals surface area contributed by atoms with Crippen molar-refractivity contribution in [3.05, 3.63) is 65.7 Å². The van der Waals surface area contributed by atoms with E-state index in [0.29, 0.717) is 31.4 Å². The number of carbonyl (C=O) groups excluding carboxylic acids is 1. The van der Waals surface area contributed by atoms with E-state index in [9.17, 15) is 18.3 Å². The fourth-order valence-corrected chi connectivity index (χ4v) is 5.56. The Bertz CT molecular complexity index is 873. The SMILES string of the molecule is O=C(c1ccc(S(=O)(=O)C2CCCC2)cc1)N(CCO)CCc1ccccc1.